The molecule has 1 aromatic heterocycles. The maximum atomic E-state index is 12.5. The molecule has 2 unspecified atom stereocenters. The van der Waals surface area contributed by atoms with Gasteiger partial charge in [0.1, 0.15) is 0 Å². The van der Waals surface area contributed by atoms with Crippen molar-refractivity contribution in [2.45, 2.75) is 5.92 Å². The van der Waals surface area contributed by atoms with Crippen LogP contribution in [0.3, 0.4) is 0 Å². The smallest absolute Gasteiger partial charge is 0.171 e. The summed E-state index contributed by atoms with van der Waals surface area (Å²) < 4.78 is 1.87. The number of hydrogen-bond donors (Lipinski definition) is 0. The van der Waals surface area contributed by atoms with Crippen molar-refractivity contribution in [1.29, 1.82) is 0 Å². The van der Waals surface area contributed by atoms with Crippen LogP contribution in [0.25, 0.3) is 10.9 Å². The number of carbonyl (C=O) groups excluding carboxylic acids is 1. The Balaban J connectivity index is 2.14. The van der Waals surface area contributed by atoms with Crippen LogP contribution in [-0.2, 0) is 7.05 Å². The lowest BCUT2D eigenvalue weighted by Gasteiger charge is -2.26. The molecular formula is C15H12N2O. The van der Waals surface area contributed by atoms with Gasteiger partial charge in [-0.1, -0.05) is 36.4 Å². The highest BCUT2D eigenvalue weighted by Crippen LogP contribution is 2.41. The molecule has 0 amide bonds. The molecule has 1 heterocycles. The number of rotatable bonds is 0. The van der Waals surface area contributed by atoms with Gasteiger partial charge in [-0.2, -0.15) is 5.10 Å². The van der Waals surface area contributed by atoms with Crippen LogP contribution in [0.2, 0.25) is 0 Å². The molecule has 2 atom stereocenters. The molecule has 2 aromatic rings. The molecule has 3 nitrogen and oxygen atoms in total. The van der Waals surface area contributed by atoms with E-state index < -0.39 is 0 Å². The zero-order valence-corrected chi connectivity index (χ0v) is 10.00. The van der Waals surface area contributed by atoms with Crippen molar-refractivity contribution in [3.05, 3.63) is 53.8 Å². The van der Waals surface area contributed by atoms with Gasteiger partial charge < -0.3 is 0 Å². The van der Waals surface area contributed by atoms with Crippen molar-refractivity contribution in [3.63, 3.8) is 0 Å². The number of aromatic nitrogens is 2. The number of fused-ring (bicyclic) bond motifs is 2. The monoisotopic (exact) mass is 236 g/mol. The van der Waals surface area contributed by atoms with Gasteiger partial charge in [-0.15, -0.1) is 0 Å². The summed E-state index contributed by atoms with van der Waals surface area (Å²) in [4.78, 5) is 12.5. The lowest BCUT2D eigenvalue weighted by atomic mass is 9.75. The highest BCUT2D eigenvalue weighted by atomic mass is 16.1. The zero-order chi connectivity index (χ0) is 12.3. The van der Waals surface area contributed by atoms with E-state index in [9.17, 15) is 4.79 Å². The standard InChI is InChI=1S/C15H12N2O/c1-17-12-8-4-7-11-13(12)14(16-17)9-5-2-3-6-10(9)15(11)18/h2-10H,1H3. The van der Waals surface area contributed by atoms with E-state index in [4.69, 9.17) is 0 Å². The van der Waals surface area contributed by atoms with Gasteiger partial charge in [0.15, 0.2) is 5.78 Å². The van der Waals surface area contributed by atoms with Crippen LogP contribution in [0.1, 0.15) is 22.0 Å². The topological polar surface area (TPSA) is 34.9 Å². The van der Waals surface area contributed by atoms with Crippen LogP contribution in [0.4, 0.5) is 0 Å². The number of Topliss-reactive ketones (excluding diaryl/α,β-unsaturated/α-hetero) is 1. The molecule has 18 heavy (non-hydrogen) atoms. The minimum Gasteiger partial charge on any atom is -0.293 e. The fourth-order valence-corrected chi connectivity index (χ4v) is 3.08. The quantitative estimate of drug-likeness (QED) is 0.704. The highest BCUT2D eigenvalue weighted by Gasteiger charge is 2.37. The van der Waals surface area contributed by atoms with E-state index in [1.165, 1.54) is 0 Å². The van der Waals surface area contributed by atoms with Gasteiger partial charge >= 0.3 is 0 Å². The minimum absolute atomic E-state index is 0.0806. The third-order valence-electron chi connectivity index (χ3n) is 3.92. The van der Waals surface area contributed by atoms with E-state index >= 15 is 0 Å². The molecule has 0 spiro atoms. The average molecular weight is 236 g/mol. The third-order valence-corrected chi connectivity index (χ3v) is 3.92. The van der Waals surface area contributed by atoms with Crippen LogP contribution in [-0.4, -0.2) is 15.6 Å². The molecule has 0 N–H and O–H groups in total. The number of aryl methyl sites for hydroxylation is 1. The molecule has 4 rings (SSSR count). The molecule has 0 aliphatic heterocycles. The normalized spacial score (nSPS) is 24.6. The van der Waals surface area contributed by atoms with Gasteiger partial charge in [-0.3, -0.25) is 9.48 Å². The fraction of sp³-hybridized carbons (Fsp3) is 0.200. The second-order valence-electron chi connectivity index (χ2n) is 4.89. The van der Waals surface area contributed by atoms with Crippen molar-refractivity contribution in [2.75, 3.05) is 0 Å². The fourth-order valence-electron chi connectivity index (χ4n) is 3.08. The molecule has 0 saturated carbocycles. The predicted molar refractivity (Wildman–Crippen MR) is 69.6 cm³/mol. The van der Waals surface area contributed by atoms with Crippen LogP contribution < -0.4 is 0 Å². The lowest BCUT2D eigenvalue weighted by Crippen LogP contribution is -2.25. The predicted octanol–water partition coefficient (Wildman–Crippen LogP) is 2.60. The van der Waals surface area contributed by atoms with Crippen LogP contribution in [0.15, 0.2) is 42.5 Å². The summed E-state index contributed by atoms with van der Waals surface area (Å²) in [6.07, 6.45) is 8.03. The summed E-state index contributed by atoms with van der Waals surface area (Å²) in [6.45, 7) is 0. The van der Waals surface area contributed by atoms with Gasteiger partial charge in [0, 0.05) is 23.9 Å². The van der Waals surface area contributed by atoms with E-state index in [1.807, 2.05) is 48.2 Å². The first-order valence-corrected chi connectivity index (χ1v) is 6.12. The summed E-state index contributed by atoms with van der Waals surface area (Å²) in [5.74, 6) is 0.232. The second kappa shape index (κ2) is 3.19. The first kappa shape index (κ1) is 9.83. The van der Waals surface area contributed by atoms with Crippen molar-refractivity contribution >= 4 is 16.7 Å². The zero-order valence-electron chi connectivity index (χ0n) is 10.00. The van der Waals surface area contributed by atoms with Crippen molar-refractivity contribution in [1.82, 2.24) is 9.78 Å². The SMILES string of the molecule is Cn1nc2c3c(cccc31)C(=O)C1C=CC=CC21. The van der Waals surface area contributed by atoms with E-state index in [2.05, 4.69) is 11.2 Å². The molecule has 2 aliphatic rings. The Bertz CT molecular complexity index is 736. The molecule has 0 radical (unpaired) electrons. The summed E-state index contributed by atoms with van der Waals surface area (Å²) in [7, 11) is 1.93. The summed E-state index contributed by atoms with van der Waals surface area (Å²) in [5, 5.41) is 5.65. The largest absolute Gasteiger partial charge is 0.293 e. The Morgan fingerprint density at radius 3 is 2.78 bits per heavy atom. The number of hydrogen-bond acceptors (Lipinski definition) is 2. The van der Waals surface area contributed by atoms with Crippen LogP contribution in [0, 0.1) is 5.92 Å². The molecule has 2 aliphatic carbocycles. The summed E-state index contributed by atoms with van der Waals surface area (Å²) in [5.41, 5.74) is 2.89. The Morgan fingerprint density at radius 2 is 1.94 bits per heavy atom. The second-order valence-corrected chi connectivity index (χ2v) is 4.89. The Hall–Kier alpha value is -2.16. The van der Waals surface area contributed by atoms with Gasteiger partial charge in [0.25, 0.3) is 0 Å². The molecule has 0 bridgehead atoms. The number of ketones is 1. The number of allylic oxidation sites excluding steroid dienone is 4. The maximum Gasteiger partial charge on any atom is 0.171 e. The van der Waals surface area contributed by atoms with Crippen molar-refractivity contribution in [2.24, 2.45) is 13.0 Å². The molecule has 0 fully saturated rings. The van der Waals surface area contributed by atoms with Crippen molar-refractivity contribution in [3.8, 4) is 0 Å². The summed E-state index contributed by atoms with van der Waals surface area (Å²) in [6, 6.07) is 5.87. The van der Waals surface area contributed by atoms with E-state index in [1.54, 1.807) is 0 Å². The van der Waals surface area contributed by atoms with Gasteiger partial charge in [0.2, 0.25) is 0 Å². The molecule has 0 saturated heterocycles. The van der Waals surface area contributed by atoms with Crippen LogP contribution >= 0.6 is 0 Å². The Morgan fingerprint density at radius 1 is 1.17 bits per heavy atom. The van der Waals surface area contributed by atoms with Crippen molar-refractivity contribution < 1.29 is 4.79 Å². The molecule has 1 aromatic carbocycles. The molecule has 3 heteroatoms. The van der Waals surface area contributed by atoms with Gasteiger partial charge in [-0.25, -0.2) is 0 Å². The molecule has 88 valence electrons. The van der Waals surface area contributed by atoms with E-state index in [0.717, 1.165) is 22.2 Å². The summed E-state index contributed by atoms with van der Waals surface area (Å²) >= 11 is 0. The molecular weight excluding hydrogens is 224 g/mol. The Labute approximate surface area is 104 Å². The van der Waals surface area contributed by atoms with E-state index in [0.29, 0.717) is 0 Å². The van der Waals surface area contributed by atoms with Gasteiger partial charge in [0.05, 0.1) is 17.1 Å². The first-order chi connectivity index (χ1) is 8.77. The number of carbonyl (C=O) groups is 1. The minimum atomic E-state index is -0.0806. The first-order valence-electron chi connectivity index (χ1n) is 6.12. The highest BCUT2D eigenvalue weighted by molar-refractivity contribution is 6.13. The third kappa shape index (κ3) is 1.04. The number of benzene rings is 1. The maximum absolute atomic E-state index is 12.5. The Kier molecular flexibility index (Phi) is 1.74. The van der Waals surface area contributed by atoms with Crippen LogP contribution in [0.5, 0.6) is 0 Å². The average Bonchev–Trinajstić information content (AvgIpc) is 2.75. The number of nitrogens with zero attached hydrogens (tertiary/aromatic N) is 2. The van der Waals surface area contributed by atoms with Gasteiger partial charge in [-0.05, 0) is 6.07 Å². The lowest BCUT2D eigenvalue weighted by molar-refractivity contribution is 0.0934. The van der Waals surface area contributed by atoms with E-state index in [-0.39, 0.29) is 17.6 Å².